The molecule has 16 amide bonds. The molecule has 0 unspecified atom stereocenters. The average Bonchev–Trinajstić information content (AvgIpc) is 0.855. The van der Waals surface area contributed by atoms with Gasteiger partial charge in [-0.2, -0.15) is 35.3 Å². The third kappa shape index (κ3) is 43.2. The largest absolute Gasteiger partial charge is 0.508 e. The number of nitrogens with one attached hydrogen (secondary N) is 22. The summed E-state index contributed by atoms with van der Waals surface area (Å²) in [4.78, 5) is 280. The molecule has 2 heterocycles. The quantitative estimate of drug-likeness (QED) is 0.0196. The van der Waals surface area contributed by atoms with Gasteiger partial charge in [-0.3, -0.25) is 112 Å². The first-order valence-corrected chi connectivity index (χ1v) is 46.1. The highest BCUT2D eigenvalue weighted by atomic mass is 32.2. The van der Waals surface area contributed by atoms with Crippen molar-refractivity contribution >= 4 is 172 Å². The number of rotatable bonds is 30. The van der Waals surface area contributed by atoms with Gasteiger partial charge in [0.05, 0.1) is 32.2 Å². The van der Waals surface area contributed by atoms with E-state index in [1.807, 2.05) is 0 Å². The van der Waals surface area contributed by atoms with E-state index in [2.05, 4.69) is 101 Å². The molecule has 0 aromatic heterocycles. The first kappa shape index (κ1) is 115. The molecule has 4 rings (SSSR count). The number of carboxylic acids is 4. The summed E-state index contributed by atoms with van der Waals surface area (Å²) in [5.74, 6) is -30.0. The van der Waals surface area contributed by atoms with Crippen molar-refractivity contribution < 1.29 is 132 Å². The van der Waals surface area contributed by atoms with Gasteiger partial charge in [0, 0.05) is 73.4 Å². The highest BCUT2D eigenvalue weighted by Gasteiger charge is 2.40. The molecule has 0 saturated carbocycles. The number of carbonyl (C=O) groups excluding carboxylic acids is 16. The topological polar surface area (TPSA) is 887 Å². The first-order valence-electron chi connectivity index (χ1n) is 42.7. The van der Waals surface area contributed by atoms with Crippen molar-refractivity contribution in [2.75, 3.05) is 63.2 Å². The smallest absolute Gasteiger partial charge is 0.322 e. The summed E-state index contributed by atoms with van der Waals surface area (Å²) in [7, 11) is 0. The second kappa shape index (κ2) is 59.2. The van der Waals surface area contributed by atoms with Gasteiger partial charge in [0.25, 0.3) is 0 Å². The van der Waals surface area contributed by atoms with Gasteiger partial charge in [-0.25, -0.2) is 0 Å². The molecule has 0 fully saturated rings. The lowest BCUT2D eigenvalue weighted by molar-refractivity contribution is -0.142. The molecule has 2 aliphatic heterocycles. The number of nitrogens with two attached hydrogens (primary N) is 4. The summed E-state index contributed by atoms with van der Waals surface area (Å²) >= 11 is 2.81. The summed E-state index contributed by atoms with van der Waals surface area (Å²) in [6.45, 7) is 0.360. The van der Waals surface area contributed by atoms with Crippen LogP contribution in [0.2, 0.25) is 0 Å². The first-order chi connectivity index (χ1) is 64.2. The predicted octanol–water partition coefficient (Wildman–Crippen LogP) is -10.5. The van der Waals surface area contributed by atoms with E-state index in [9.17, 15) is 122 Å². The second-order valence-corrected chi connectivity index (χ2v) is 34.8. The summed E-state index contributed by atoms with van der Waals surface area (Å²) in [6, 6.07) is -17.0. The minimum atomic E-state index is -2.21. The van der Waals surface area contributed by atoms with Crippen LogP contribution in [0.5, 0.6) is 5.75 Å². The van der Waals surface area contributed by atoms with Crippen LogP contribution in [-0.4, -0.2) is 326 Å². The van der Waals surface area contributed by atoms with Crippen LogP contribution in [0.3, 0.4) is 0 Å². The van der Waals surface area contributed by atoms with E-state index in [0.717, 1.165) is 42.2 Å². The highest BCUT2D eigenvalue weighted by Crippen LogP contribution is 2.26. The van der Waals surface area contributed by atoms with Gasteiger partial charge in [-0.1, -0.05) is 44.2 Å². The van der Waals surface area contributed by atoms with Crippen LogP contribution < -0.4 is 124 Å². The number of aliphatic carboxylic acids is 4. The Kier molecular flexibility index (Phi) is 49.9. The molecule has 136 heavy (non-hydrogen) atoms. The zero-order valence-electron chi connectivity index (χ0n) is 74.8. The maximum absolute atomic E-state index is 15.3. The van der Waals surface area contributed by atoms with Crippen molar-refractivity contribution in [2.45, 2.75) is 213 Å². The summed E-state index contributed by atoms with van der Waals surface area (Å²) < 4.78 is 0. The molecule has 2 aromatic rings. The molecule has 0 spiro atoms. The van der Waals surface area contributed by atoms with Gasteiger partial charge in [0.2, 0.25) is 94.5 Å². The van der Waals surface area contributed by atoms with Crippen molar-refractivity contribution in [3.8, 4) is 5.75 Å². The number of hydrogen-bond donors (Lipinski definition) is 33. The van der Waals surface area contributed by atoms with Crippen molar-refractivity contribution in [1.29, 1.82) is 16.2 Å². The van der Waals surface area contributed by atoms with Crippen LogP contribution in [-0.2, 0) is 120 Å². The fourth-order valence-corrected chi connectivity index (χ4v) is 15.8. The maximum Gasteiger partial charge on any atom is 0.322 e. The van der Waals surface area contributed by atoms with Gasteiger partial charge < -0.3 is 160 Å². The Balaban J connectivity index is 2.10. The molecule has 2 aliphatic rings. The lowest BCUT2D eigenvalue weighted by Crippen LogP contribution is -2.62. The number of phenols is 1. The molecule has 752 valence electrons. The van der Waals surface area contributed by atoms with E-state index in [1.165, 1.54) is 45.0 Å². The van der Waals surface area contributed by atoms with Gasteiger partial charge in [-0.05, 0) is 106 Å². The third-order valence-corrected chi connectivity index (χ3v) is 23.3. The van der Waals surface area contributed by atoms with Gasteiger partial charge in [-0.15, -0.1) is 0 Å². The molecule has 0 saturated heterocycles. The lowest BCUT2D eigenvalue weighted by atomic mass is 10.0. The summed E-state index contributed by atoms with van der Waals surface area (Å²) in [5, 5.41) is 140. The average molecular weight is 1980 g/mol. The van der Waals surface area contributed by atoms with Crippen molar-refractivity contribution in [3.05, 3.63) is 64.7 Å². The normalized spacial score (nSPS) is 23.6. The van der Waals surface area contributed by atoms with Crippen LogP contribution in [0.1, 0.15) is 121 Å². The summed E-state index contributed by atoms with van der Waals surface area (Å²) in [5.41, 5.74) is 23.9. The number of carboxylic acid groups (broad SMARTS) is 4. The minimum absolute atomic E-state index is 0.0786. The minimum Gasteiger partial charge on any atom is -0.508 e. The SMILES string of the molecule is CC(C)[C@@H]1NC(=O)[C@H](CCC(=O)O)NC(=O)[C@H](Cc2ccc(O)cc2)NC(=O)[C@H](CCCNC(=N)N)NC(=O)[C@H](CO)NC(=O)[C@@H](NC(=O)[C@H](C)N)CSCc2cc3cc(c2)CSC[C@H](NC(=O)[C@H](CC(=O)O)NC1=O)C(=O)N[C@@H](CCCNC(=N)N)C(=O)NCC(=O)N[C@@H](CCCNC(=N)N)C(=O)N[C@H](CCC(=O)O)C(=O)N[C@@H](CO)C(=O)N[C@@H](C)C(=O)N[C@H](C(=O)NCC(=O)O)CSC3. The van der Waals surface area contributed by atoms with E-state index in [0.29, 0.717) is 16.7 Å². The maximum atomic E-state index is 15.3. The Morgan fingerprint density at radius 2 is 0.846 bits per heavy atom. The number of aliphatic hydroxyl groups excluding tert-OH is 2. The molecular weight excluding hydrogens is 1850 g/mol. The number of phenolic OH excluding ortho intramolecular Hbond substituents is 1. The standard InChI is InChI=1S/C80H122N26O27S3/c1-37(2)62-77(133)100-51(26-60(115)116)72(128)105-56-36-136-33-43-23-41(22-42(24-43)32-135-35-55(103-63(119)38(3)81)76(132)102-53(30-108)74(130)96-47(10-7-21-90-80(86)87)68(124)99-50(25-40-11-13-44(109)14-12-40)71(127)98-49(70(126)106-62)16-18-59(113)114)31-134-34-54(66(122)92-28-61(117)118)104-64(120)39(4)93-73(129)52(29-107)101-69(125)48(15-17-58(111)112)97-67(123)46(9-6-20-89-79(84)85)94-57(110)27-91-65(121)45(95-75(56)131)8-5-19-88-78(82)83/h11-14,22-24,37-39,45-56,62,107-109H,5-10,15-21,25-36,81H2,1-4H3,(H,91,121)(H,92,122)(H,93,129)(H,94,110)(H,95,131)(H,96,130)(H,97,123)(H,98,127)(H,99,124)(H,100,133)(H,101,125)(H,102,132)(H,103,119)(H,104,120)(H,105,128)(H,106,126)(H,111,112)(H,113,114)(H,115,116)(H,117,118)(H4,82,83,88)(H4,84,85,89)(H4,86,87,90)/t38-,39-,45-,46-,47-,48+,49-,50-,51-,52-,53-,54-,55-,56-,62-/m0/s1. The molecule has 0 aliphatic carbocycles. The van der Waals surface area contributed by atoms with E-state index in [1.54, 1.807) is 18.2 Å². The van der Waals surface area contributed by atoms with Crippen LogP contribution in [0.15, 0.2) is 42.5 Å². The number of thioether (sulfide) groups is 3. The fraction of sp³-hybridized carbons (Fsp3) is 0.562. The van der Waals surface area contributed by atoms with Crippen LogP contribution in [0, 0.1) is 22.1 Å². The van der Waals surface area contributed by atoms with Crippen molar-refractivity contribution in [2.24, 2.45) is 28.9 Å². The molecular formula is C80H122N26O27S3. The van der Waals surface area contributed by atoms with E-state index < -0.39 is 316 Å². The Morgan fingerprint density at radius 3 is 1.31 bits per heavy atom. The van der Waals surface area contributed by atoms with Gasteiger partial charge >= 0.3 is 23.9 Å². The van der Waals surface area contributed by atoms with E-state index in [-0.39, 0.29) is 86.1 Å². The Bertz CT molecular complexity index is 4600. The second-order valence-electron chi connectivity index (χ2n) is 31.7. The van der Waals surface area contributed by atoms with E-state index >= 15 is 9.59 Å². The van der Waals surface area contributed by atoms with E-state index in [4.69, 9.17) is 39.2 Å². The number of aromatic hydroxyl groups is 1. The van der Waals surface area contributed by atoms with Crippen LogP contribution in [0.25, 0.3) is 0 Å². The molecule has 2 aromatic carbocycles. The monoisotopic (exact) mass is 1970 g/mol. The number of amides is 16. The Labute approximate surface area is 791 Å². The van der Waals surface area contributed by atoms with Crippen LogP contribution in [0.4, 0.5) is 0 Å². The zero-order chi connectivity index (χ0) is 102. The Morgan fingerprint density at radius 1 is 0.441 bits per heavy atom. The fourth-order valence-electron chi connectivity index (χ4n) is 12.9. The molecule has 15 atom stereocenters. The molecule has 53 nitrogen and oxygen atoms in total. The summed E-state index contributed by atoms with van der Waals surface area (Å²) in [6.07, 6.45) is -6.32. The molecule has 56 heteroatoms. The van der Waals surface area contributed by atoms with Crippen molar-refractivity contribution in [1.82, 2.24) is 101 Å². The van der Waals surface area contributed by atoms with Crippen molar-refractivity contribution in [3.63, 3.8) is 0 Å². The third-order valence-electron chi connectivity index (χ3n) is 20.0. The van der Waals surface area contributed by atoms with Gasteiger partial charge in [0.1, 0.15) is 96.9 Å². The number of fused-ring (bicyclic) bond motifs is 5. The zero-order valence-corrected chi connectivity index (χ0v) is 77.2. The number of carbonyl (C=O) groups is 20. The lowest BCUT2D eigenvalue weighted by Gasteiger charge is -2.29. The predicted molar refractivity (Wildman–Crippen MR) is 489 cm³/mol. The number of benzene rings is 2. The molecule has 37 N–H and O–H groups in total. The number of hydrogen-bond acceptors (Lipinski definition) is 30. The number of aliphatic hydroxyl groups is 2. The molecule has 0 radical (unpaired) electrons. The van der Waals surface area contributed by atoms with Gasteiger partial charge in [0.15, 0.2) is 17.9 Å². The number of guanidine groups is 3. The molecule has 4 bridgehead atoms. The Hall–Kier alpha value is -13.6. The highest BCUT2D eigenvalue weighted by molar-refractivity contribution is 7.99. The van der Waals surface area contributed by atoms with Crippen LogP contribution >= 0.6 is 35.3 Å².